The summed E-state index contributed by atoms with van der Waals surface area (Å²) in [6, 6.07) is 11.4. The lowest BCUT2D eigenvalue weighted by Crippen LogP contribution is -2.39. The van der Waals surface area contributed by atoms with Crippen molar-refractivity contribution in [1.29, 1.82) is 0 Å². The highest BCUT2D eigenvalue weighted by Gasteiger charge is 2.26. The van der Waals surface area contributed by atoms with E-state index >= 15 is 0 Å². The Morgan fingerprint density at radius 2 is 2.05 bits per heavy atom. The van der Waals surface area contributed by atoms with Crippen molar-refractivity contribution in [2.75, 3.05) is 12.3 Å². The molecule has 1 aromatic carbocycles. The zero-order valence-electron chi connectivity index (χ0n) is 12.1. The standard InChI is InChI=1S/C16H19NO3S/c1-12-5-7-13(8-6-12)21-10-15(18)17-11-16(2,19)14-4-3-9-20-14/h3-9,19H,10-11H2,1-2H3,(H,17,18). The van der Waals surface area contributed by atoms with E-state index in [1.165, 1.54) is 23.6 Å². The van der Waals surface area contributed by atoms with Gasteiger partial charge in [-0.05, 0) is 38.1 Å². The maximum absolute atomic E-state index is 11.8. The van der Waals surface area contributed by atoms with E-state index in [1.807, 2.05) is 31.2 Å². The Labute approximate surface area is 128 Å². The second-order valence-corrected chi connectivity index (χ2v) is 6.18. The summed E-state index contributed by atoms with van der Waals surface area (Å²) in [7, 11) is 0. The lowest BCUT2D eigenvalue weighted by Gasteiger charge is -2.21. The second kappa shape index (κ2) is 6.83. The van der Waals surface area contributed by atoms with Crippen LogP contribution in [0.25, 0.3) is 0 Å². The van der Waals surface area contributed by atoms with Crippen LogP contribution < -0.4 is 5.32 Å². The molecule has 1 atom stereocenters. The monoisotopic (exact) mass is 305 g/mol. The van der Waals surface area contributed by atoms with Gasteiger partial charge in [-0.2, -0.15) is 0 Å². The van der Waals surface area contributed by atoms with Crippen molar-refractivity contribution in [2.24, 2.45) is 0 Å². The lowest BCUT2D eigenvalue weighted by molar-refractivity contribution is -0.119. The van der Waals surface area contributed by atoms with E-state index in [-0.39, 0.29) is 12.5 Å². The highest BCUT2D eigenvalue weighted by molar-refractivity contribution is 8.00. The van der Waals surface area contributed by atoms with E-state index in [9.17, 15) is 9.90 Å². The number of hydrogen-bond donors (Lipinski definition) is 2. The van der Waals surface area contributed by atoms with Gasteiger partial charge in [0, 0.05) is 4.90 Å². The molecule has 0 aliphatic carbocycles. The molecule has 0 saturated heterocycles. The molecular weight excluding hydrogens is 286 g/mol. The first-order valence-corrected chi connectivity index (χ1v) is 7.68. The molecule has 0 fully saturated rings. The Kier molecular flexibility index (Phi) is 5.09. The fourth-order valence-corrected chi connectivity index (χ4v) is 2.51. The Morgan fingerprint density at radius 3 is 2.67 bits per heavy atom. The Balaban J connectivity index is 1.78. The van der Waals surface area contributed by atoms with Gasteiger partial charge in [-0.25, -0.2) is 0 Å². The van der Waals surface area contributed by atoms with E-state index in [4.69, 9.17) is 4.42 Å². The van der Waals surface area contributed by atoms with Gasteiger partial charge < -0.3 is 14.8 Å². The first-order valence-electron chi connectivity index (χ1n) is 6.70. The van der Waals surface area contributed by atoms with Crippen LogP contribution in [0.1, 0.15) is 18.2 Å². The van der Waals surface area contributed by atoms with Gasteiger partial charge in [0.1, 0.15) is 11.4 Å². The van der Waals surface area contributed by atoms with E-state index in [1.54, 1.807) is 19.1 Å². The molecule has 21 heavy (non-hydrogen) atoms. The van der Waals surface area contributed by atoms with Gasteiger partial charge in [0.25, 0.3) is 0 Å². The van der Waals surface area contributed by atoms with Crippen LogP contribution in [0.5, 0.6) is 0 Å². The molecule has 0 aliphatic rings. The molecule has 1 heterocycles. The van der Waals surface area contributed by atoms with Gasteiger partial charge in [0.05, 0.1) is 18.6 Å². The van der Waals surface area contributed by atoms with Crippen LogP contribution in [0, 0.1) is 6.92 Å². The molecule has 4 nitrogen and oxygen atoms in total. The highest BCUT2D eigenvalue weighted by Crippen LogP contribution is 2.20. The van der Waals surface area contributed by atoms with Crippen molar-refractivity contribution in [3.8, 4) is 0 Å². The summed E-state index contributed by atoms with van der Waals surface area (Å²) in [5.41, 5.74) is -0.00784. The number of aryl methyl sites for hydroxylation is 1. The van der Waals surface area contributed by atoms with Gasteiger partial charge in [0.15, 0.2) is 0 Å². The number of rotatable bonds is 6. The van der Waals surface area contributed by atoms with Crippen LogP contribution in [0.3, 0.4) is 0 Å². The highest BCUT2D eigenvalue weighted by atomic mass is 32.2. The number of carbonyl (C=O) groups excluding carboxylic acids is 1. The summed E-state index contributed by atoms with van der Waals surface area (Å²) in [6.07, 6.45) is 1.50. The minimum atomic E-state index is -1.20. The lowest BCUT2D eigenvalue weighted by atomic mass is 10.0. The predicted octanol–water partition coefficient (Wildman–Crippen LogP) is 2.70. The van der Waals surface area contributed by atoms with Crippen molar-refractivity contribution < 1.29 is 14.3 Å². The first kappa shape index (κ1) is 15.7. The number of aliphatic hydroxyl groups is 1. The molecule has 2 aromatic rings. The van der Waals surface area contributed by atoms with Gasteiger partial charge in [-0.3, -0.25) is 4.79 Å². The topological polar surface area (TPSA) is 62.5 Å². The van der Waals surface area contributed by atoms with Crippen molar-refractivity contribution in [3.05, 3.63) is 54.0 Å². The second-order valence-electron chi connectivity index (χ2n) is 5.13. The SMILES string of the molecule is Cc1ccc(SCC(=O)NCC(C)(O)c2ccco2)cc1. The van der Waals surface area contributed by atoms with E-state index in [0.29, 0.717) is 11.5 Å². The Bertz CT molecular complexity index is 576. The van der Waals surface area contributed by atoms with Crippen molar-refractivity contribution >= 4 is 17.7 Å². The minimum Gasteiger partial charge on any atom is -0.466 e. The summed E-state index contributed by atoms with van der Waals surface area (Å²) in [4.78, 5) is 12.9. The van der Waals surface area contributed by atoms with Crippen LogP contribution in [0.2, 0.25) is 0 Å². The molecule has 112 valence electrons. The number of hydrogen-bond acceptors (Lipinski definition) is 4. The fourth-order valence-electron chi connectivity index (χ4n) is 1.78. The van der Waals surface area contributed by atoms with Crippen LogP contribution in [0.4, 0.5) is 0 Å². The molecule has 1 amide bonds. The average molecular weight is 305 g/mol. The molecular formula is C16H19NO3S. The van der Waals surface area contributed by atoms with Gasteiger partial charge >= 0.3 is 0 Å². The molecule has 0 aliphatic heterocycles. The maximum atomic E-state index is 11.8. The Hall–Kier alpha value is -1.72. The number of thioether (sulfide) groups is 1. The zero-order valence-corrected chi connectivity index (χ0v) is 12.9. The molecule has 0 radical (unpaired) electrons. The normalized spacial score (nSPS) is 13.7. The molecule has 1 aromatic heterocycles. The molecule has 5 heteroatoms. The van der Waals surface area contributed by atoms with Crippen molar-refractivity contribution in [2.45, 2.75) is 24.3 Å². The number of carbonyl (C=O) groups is 1. The maximum Gasteiger partial charge on any atom is 0.230 e. The number of furan rings is 1. The zero-order chi connectivity index (χ0) is 15.3. The molecule has 2 rings (SSSR count). The summed E-state index contributed by atoms with van der Waals surface area (Å²) >= 11 is 1.47. The summed E-state index contributed by atoms with van der Waals surface area (Å²) in [6.45, 7) is 3.75. The predicted molar refractivity (Wildman–Crippen MR) is 83.2 cm³/mol. The third-order valence-electron chi connectivity index (χ3n) is 3.07. The summed E-state index contributed by atoms with van der Waals surface area (Å²) in [5.74, 6) is 0.637. The number of benzene rings is 1. The van der Waals surface area contributed by atoms with Gasteiger partial charge in [-0.1, -0.05) is 17.7 Å². The van der Waals surface area contributed by atoms with Gasteiger partial charge in [0.2, 0.25) is 5.91 Å². The minimum absolute atomic E-state index is 0.118. The Morgan fingerprint density at radius 1 is 1.33 bits per heavy atom. The molecule has 1 unspecified atom stereocenters. The third-order valence-corrected chi connectivity index (χ3v) is 4.08. The van der Waals surface area contributed by atoms with Crippen molar-refractivity contribution in [3.63, 3.8) is 0 Å². The van der Waals surface area contributed by atoms with Crippen LogP contribution >= 0.6 is 11.8 Å². The quantitative estimate of drug-likeness (QED) is 0.806. The molecule has 2 N–H and O–H groups in total. The summed E-state index contributed by atoms with van der Waals surface area (Å²) < 4.78 is 5.16. The van der Waals surface area contributed by atoms with Crippen LogP contribution in [-0.4, -0.2) is 23.3 Å². The van der Waals surface area contributed by atoms with Crippen LogP contribution in [0.15, 0.2) is 52.0 Å². The average Bonchev–Trinajstić information content (AvgIpc) is 3.00. The smallest absolute Gasteiger partial charge is 0.230 e. The molecule has 0 saturated carbocycles. The third kappa shape index (κ3) is 4.65. The van der Waals surface area contributed by atoms with Crippen molar-refractivity contribution in [1.82, 2.24) is 5.32 Å². The van der Waals surface area contributed by atoms with E-state index in [0.717, 1.165) is 4.90 Å². The van der Waals surface area contributed by atoms with Gasteiger partial charge in [-0.15, -0.1) is 11.8 Å². The number of nitrogens with one attached hydrogen (secondary N) is 1. The van der Waals surface area contributed by atoms with E-state index in [2.05, 4.69) is 5.32 Å². The van der Waals surface area contributed by atoms with Crippen LogP contribution in [-0.2, 0) is 10.4 Å². The summed E-state index contributed by atoms with van der Waals surface area (Å²) in [5, 5.41) is 12.9. The molecule has 0 bridgehead atoms. The van der Waals surface area contributed by atoms with E-state index < -0.39 is 5.60 Å². The molecule has 0 spiro atoms. The fraction of sp³-hybridized carbons (Fsp3) is 0.312. The largest absolute Gasteiger partial charge is 0.466 e. The first-order chi connectivity index (χ1) is 9.97. The number of amides is 1.